The smallest absolute Gasteiger partial charge is 0.303 e. The van der Waals surface area contributed by atoms with Crippen molar-refractivity contribution in [2.45, 2.75) is 19.3 Å². The van der Waals surface area contributed by atoms with E-state index in [-0.39, 0.29) is 24.7 Å². The average Bonchev–Trinajstić information content (AvgIpc) is 2.34. The topological polar surface area (TPSA) is 74.6 Å². The molecule has 0 fully saturated rings. The van der Waals surface area contributed by atoms with Crippen molar-refractivity contribution in [3.8, 4) is 0 Å². The zero-order valence-electron chi connectivity index (χ0n) is 7.14. The van der Waals surface area contributed by atoms with Gasteiger partial charge in [-0.3, -0.25) is 9.59 Å². The molecule has 4 nitrogen and oxygen atoms in total. The molecular formula is C9H12O4. The van der Waals surface area contributed by atoms with Gasteiger partial charge in [0.05, 0.1) is 6.42 Å². The van der Waals surface area contributed by atoms with Gasteiger partial charge in [0.1, 0.15) is 0 Å². The Morgan fingerprint density at radius 3 is 2.38 bits per heavy atom. The molecule has 1 rings (SSSR count). The third kappa shape index (κ3) is 2.89. The summed E-state index contributed by atoms with van der Waals surface area (Å²) in [7, 11) is 0. The SMILES string of the molecule is O=C(O)CC1C=CCC1CC(=O)O. The van der Waals surface area contributed by atoms with E-state index in [4.69, 9.17) is 10.2 Å². The molecule has 4 heteroatoms. The van der Waals surface area contributed by atoms with Gasteiger partial charge in [-0.15, -0.1) is 0 Å². The average molecular weight is 184 g/mol. The van der Waals surface area contributed by atoms with Gasteiger partial charge >= 0.3 is 11.9 Å². The fourth-order valence-corrected chi connectivity index (χ4v) is 1.66. The van der Waals surface area contributed by atoms with Crippen molar-refractivity contribution in [2.75, 3.05) is 0 Å². The molecule has 13 heavy (non-hydrogen) atoms. The van der Waals surface area contributed by atoms with Gasteiger partial charge in [-0.1, -0.05) is 12.2 Å². The predicted octanol–water partition coefficient (Wildman–Crippen LogP) is 1.13. The third-order valence-electron chi connectivity index (χ3n) is 2.27. The molecule has 0 aliphatic heterocycles. The molecule has 0 heterocycles. The second-order valence-electron chi connectivity index (χ2n) is 3.28. The Balaban J connectivity index is 2.47. The predicted molar refractivity (Wildman–Crippen MR) is 45.2 cm³/mol. The van der Waals surface area contributed by atoms with Gasteiger partial charge in [0, 0.05) is 6.42 Å². The van der Waals surface area contributed by atoms with Crippen molar-refractivity contribution in [3.05, 3.63) is 12.2 Å². The highest BCUT2D eigenvalue weighted by Crippen LogP contribution is 2.30. The highest BCUT2D eigenvalue weighted by atomic mass is 16.4. The number of aliphatic carboxylic acids is 2. The lowest BCUT2D eigenvalue weighted by Crippen LogP contribution is -2.16. The molecule has 0 spiro atoms. The Morgan fingerprint density at radius 1 is 1.23 bits per heavy atom. The Hall–Kier alpha value is -1.32. The maximum atomic E-state index is 10.4. The van der Waals surface area contributed by atoms with Crippen molar-refractivity contribution in [1.82, 2.24) is 0 Å². The fraction of sp³-hybridized carbons (Fsp3) is 0.556. The van der Waals surface area contributed by atoms with Crippen LogP contribution in [-0.2, 0) is 9.59 Å². The third-order valence-corrected chi connectivity index (χ3v) is 2.27. The Kier molecular flexibility index (Phi) is 3.06. The van der Waals surface area contributed by atoms with Crippen molar-refractivity contribution in [3.63, 3.8) is 0 Å². The van der Waals surface area contributed by atoms with Gasteiger partial charge < -0.3 is 10.2 Å². The van der Waals surface area contributed by atoms with Crippen LogP contribution in [0.15, 0.2) is 12.2 Å². The van der Waals surface area contributed by atoms with E-state index in [0.29, 0.717) is 6.42 Å². The van der Waals surface area contributed by atoms with E-state index in [9.17, 15) is 9.59 Å². The number of hydrogen-bond acceptors (Lipinski definition) is 2. The van der Waals surface area contributed by atoms with Crippen LogP contribution in [0.2, 0.25) is 0 Å². The number of hydrogen-bond donors (Lipinski definition) is 2. The van der Waals surface area contributed by atoms with Gasteiger partial charge in [-0.05, 0) is 18.3 Å². The number of carbonyl (C=O) groups is 2. The van der Waals surface area contributed by atoms with Gasteiger partial charge in [-0.2, -0.15) is 0 Å². The monoisotopic (exact) mass is 184 g/mol. The summed E-state index contributed by atoms with van der Waals surface area (Å²) in [5, 5.41) is 17.1. The largest absolute Gasteiger partial charge is 0.481 e. The quantitative estimate of drug-likeness (QED) is 0.642. The minimum Gasteiger partial charge on any atom is -0.481 e. The van der Waals surface area contributed by atoms with Crippen LogP contribution in [0.3, 0.4) is 0 Å². The highest BCUT2D eigenvalue weighted by molar-refractivity contribution is 5.69. The van der Waals surface area contributed by atoms with E-state index in [0.717, 1.165) is 0 Å². The van der Waals surface area contributed by atoms with Crippen LogP contribution in [0.4, 0.5) is 0 Å². The molecule has 0 saturated heterocycles. The molecule has 0 aromatic rings. The van der Waals surface area contributed by atoms with Crippen LogP contribution < -0.4 is 0 Å². The molecule has 2 N–H and O–H groups in total. The number of carboxylic acid groups (broad SMARTS) is 2. The molecule has 0 amide bonds. The van der Waals surface area contributed by atoms with Crippen molar-refractivity contribution < 1.29 is 19.8 Å². The van der Waals surface area contributed by atoms with E-state index in [1.807, 2.05) is 12.2 Å². The highest BCUT2D eigenvalue weighted by Gasteiger charge is 2.26. The van der Waals surface area contributed by atoms with Crippen molar-refractivity contribution in [2.24, 2.45) is 11.8 Å². The molecule has 2 atom stereocenters. The Labute approximate surface area is 75.9 Å². The Morgan fingerprint density at radius 2 is 1.85 bits per heavy atom. The summed E-state index contributed by atoms with van der Waals surface area (Å²) in [5.41, 5.74) is 0. The summed E-state index contributed by atoms with van der Waals surface area (Å²) in [4.78, 5) is 20.8. The van der Waals surface area contributed by atoms with E-state index in [1.54, 1.807) is 0 Å². The minimum absolute atomic E-state index is 0.0337. The molecule has 1 aliphatic rings. The first-order chi connectivity index (χ1) is 6.09. The van der Waals surface area contributed by atoms with Gasteiger partial charge in [0.2, 0.25) is 0 Å². The molecule has 0 saturated carbocycles. The maximum Gasteiger partial charge on any atom is 0.303 e. The van der Waals surface area contributed by atoms with Gasteiger partial charge in [0.25, 0.3) is 0 Å². The molecule has 72 valence electrons. The van der Waals surface area contributed by atoms with E-state index < -0.39 is 11.9 Å². The molecule has 0 aromatic heterocycles. The summed E-state index contributed by atoms with van der Waals surface area (Å²) in [6.45, 7) is 0. The molecular weight excluding hydrogens is 172 g/mol. The first-order valence-electron chi connectivity index (χ1n) is 4.20. The fourth-order valence-electron chi connectivity index (χ4n) is 1.66. The zero-order valence-corrected chi connectivity index (χ0v) is 7.14. The second-order valence-corrected chi connectivity index (χ2v) is 3.28. The van der Waals surface area contributed by atoms with Crippen LogP contribution in [0, 0.1) is 11.8 Å². The molecule has 1 aliphatic carbocycles. The van der Waals surface area contributed by atoms with Crippen LogP contribution in [-0.4, -0.2) is 22.2 Å². The van der Waals surface area contributed by atoms with Crippen LogP contribution in [0.25, 0.3) is 0 Å². The van der Waals surface area contributed by atoms with Crippen LogP contribution in [0.5, 0.6) is 0 Å². The summed E-state index contributed by atoms with van der Waals surface area (Å²) in [6, 6.07) is 0. The second kappa shape index (κ2) is 4.07. The van der Waals surface area contributed by atoms with Crippen molar-refractivity contribution >= 4 is 11.9 Å². The lowest BCUT2D eigenvalue weighted by molar-refractivity contribution is -0.141. The molecule has 0 radical (unpaired) electrons. The first kappa shape index (κ1) is 9.77. The maximum absolute atomic E-state index is 10.4. The molecule has 2 unspecified atom stereocenters. The lowest BCUT2D eigenvalue weighted by Gasteiger charge is -2.14. The number of carboxylic acids is 2. The molecule has 0 aromatic carbocycles. The van der Waals surface area contributed by atoms with Crippen LogP contribution in [0.1, 0.15) is 19.3 Å². The number of allylic oxidation sites excluding steroid dienone is 2. The van der Waals surface area contributed by atoms with Crippen LogP contribution >= 0.6 is 0 Å². The van der Waals surface area contributed by atoms with Gasteiger partial charge in [-0.25, -0.2) is 0 Å². The molecule has 0 bridgehead atoms. The zero-order chi connectivity index (χ0) is 9.84. The van der Waals surface area contributed by atoms with E-state index in [1.165, 1.54) is 0 Å². The Bertz CT molecular complexity index is 244. The lowest BCUT2D eigenvalue weighted by atomic mass is 9.90. The summed E-state index contributed by atoms with van der Waals surface area (Å²) in [5.74, 6) is -1.86. The summed E-state index contributed by atoms with van der Waals surface area (Å²) in [6.07, 6.45) is 4.45. The van der Waals surface area contributed by atoms with E-state index in [2.05, 4.69) is 0 Å². The summed E-state index contributed by atoms with van der Waals surface area (Å²) < 4.78 is 0. The normalized spacial score (nSPS) is 26.2. The standard InChI is InChI=1S/C9H12O4/c10-8(11)4-6-2-1-3-7(6)5-9(12)13/h1-2,6-7H,3-5H2,(H,10,11)(H,12,13). The first-order valence-corrected chi connectivity index (χ1v) is 4.20. The van der Waals surface area contributed by atoms with E-state index >= 15 is 0 Å². The minimum atomic E-state index is -0.869. The van der Waals surface area contributed by atoms with Crippen molar-refractivity contribution in [1.29, 1.82) is 0 Å². The number of rotatable bonds is 4. The summed E-state index contributed by atoms with van der Waals surface area (Å²) >= 11 is 0. The van der Waals surface area contributed by atoms with Gasteiger partial charge in [0.15, 0.2) is 0 Å².